The number of carbonyl (C=O) groups is 3. The number of carboxylic acids is 1. The smallest absolute Gasteiger partial charge is 0.307 e. The van der Waals surface area contributed by atoms with Crippen molar-refractivity contribution in [3.05, 3.63) is 64.7 Å². The van der Waals surface area contributed by atoms with Crippen molar-refractivity contribution in [1.29, 1.82) is 0 Å². The fraction of sp³-hybridized carbons (Fsp3) is 0.211. The molecule has 0 radical (unpaired) electrons. The number of hydrogen-bond acceptors (Lipinski definition) is 4. The second-order valence-electron chi connectivity index (χ2n) is 6.11. The van der Waals surface area contributed by atoms with E-state index in [4.69, 9.17) is 16.7 Å². The Bertz CT molecular complexity index is 834. The van der Waals surface area contributed by atoms with Crippen molar-refractivity contribution in [1.82, 2.24) is 4.90 Å². The first kappa shape index (κ1) is 17.9. The molecule has 1 unspecified atom stereocenters. The van der Waals surface area contributed by atoms with Crippen LogP contribution in [-0.2, 0) is 27.3 Å². The molecule has 0 saturated carbocycles. The molecule has 1 saturated heterocycles. The van der Waals surface area contributed by atoms with Gasteiger partial charge in [-0.15, -0.1) is 0 Å². The highest BCUT2D eigenvalue weighted by Crippen LogP contribution is 2.21. The van der Waals surface area contributed by atoms with Crippen molar-refractivity contribution < 1.29 is 19.5 Å². The zero-order valence-corrected chi connectivity index (χ0v) is 14.6. The highest BCUT2D eigenvalue weighted by Gasteiger charge is 2.38. The van der Waals surface area contributed by atoms with Crippen molar-refractivity contribution in [2.24, 2.45) is 0 Å². The van der Waals surface area contributed by atoms with Gasteiger partial charge in [0.15, 0.2) is 0 Å². The van der Waals surface area contributed by atoms with E-state index >= 15 is 0 Å². The summed E-state index contributed by atoms with van der Waals surface area (Å²) in [6.45, 7) is 0.213. The molecule has 2 aromatic carbocycles. The van der Waals surface area contributed by atoms with Crippen LogP contribution >= 0.6 is 11.6 Å². The number of imide groups is 1. The van der Waals surface area contributed by atoms with Crippen LogP contribution in [0.3, 0.4) is 0 Å². The van der Waals surface area contributed by atoms with Crippen molar-refractivity contribution in [2.75, 3.05) is 5.32 Å². The summed E-state index contributed by atoms with van der Waals surface area (Å²) in [6.07, 6.45) is 0.0271. The lowest BCUT2D eigenvalue weighted by atomic mass is 10.1. The summed E-state index contributed by atoms with van der Waals surface area (Å²) in [5.41, 5.74) is 2.16. The number of nitrogens with one attached hydrogen (secondary N) is 1. The number of amides is 2. The van der Waals surface area contributed by atoms with Gasteiger partial charge in [-0.1, -0.05) is 35.9 Å². The van der Waals surface area contributed by atoms with Gasteiger partial charge in [0.2, 0.25) is 5.91 Å². The van der Waals surface area contributed by atoms with Crippen LogP contribution in [0.25, 0.3) is 0 Å². The van der Waals surface area contributed by atoms with Gasteiger partial charge in [0, 0.05) is 10.7 Å². The zero-order valence-electron chi connectivity index (χ0n) is 13.8. The fourth-order valence-corrected chi connectivity index (χ4v) is 2.96. The molecule has 134 valence electrons. The van der Waals surface area contributed by atoms with E-state index < -0.39 is 12.0 Å². The van der Waals surface area contributed by atoms with Crippen LogP contribution in [0.1, 0.15) is 17.5 Å². The van der Waals surface area contributed by atoms with Crippen molar-refractivity contribution in [2.45, 2.75) is 25.4 Å². The van der Waals surface area contributed by atoms with Crippen LogP contribution in [0.5, 0.6) is 0 Å². The molecule has 2 N–H and O–H groups in total. The Kier molecular flexibility index (Phi) is 5.23. The summed E-state index contributed by atoms with van der Waals surface area (Å²) in [4.78, 5) is 36.7. The summed E-state index contributed by atoms with van der Waals surface area (Å²) in [7, 11) is 0. The molecule has 26 heavy (non-hydrogen) atoms. The predicted octanol–water partition coefficient (Wildman–Crippen LogP) is 2.71. The summed E-state index contributed by atoms with van der Waals surface area (Å²) in [5.74, 6) is -1.41. The molecule has 2 amide bonds. The van der Waals surface area contributed by atoms with Crippen molar-refractivity contribution in [3.8, 4) is 0 Å². The Hall–Kier alpha value is -2.86. The number of nitrogens with zero attached hydrogens (tertiary/aromatic N) is 1. The zero-order chi connectivity index (χ0) is 18.7. The number of carbonyl (C=O) groups excluding carboxylic acids is 2. The number of aliphatic carboxylic acids is 1. The van der Waals surface area contributed by atoms with Gasteiger partial charge in [0.05, 0.1) is 19.4 Å². The quantitative estimate of drug-likeness (QED) is 0.761. The molecule has 0 aromatic heterocycles. The van der Waals surface area contributed by atoms with Gasteiger partial charge < -0.3 is 10.4 Å². The van der Waals surface area contributed by atoms with E-state index in [0.29, 0.717) is 16.3 Å². The van der Waals surface area contributed by atoms with Crippen LogP contribution in [0.15, 0.2) is 48.5 Å². The van der Waals surface area contributed by atoms with Gasteiger partial charge in [-0.3, -0.25) is 19.3 Å². The largest absolute Gasteiger partial charge is 0.481 e. The van der Waals surface area contributed by atoms with Gasteiger partial charge in [-0.05, 0) is 35.4 Å². The molecule has 0 spiro atoms. The van der Waals surface area contributed by atoms with Crippen molar-refractivity contribution >= 4 is 35.1 Å². The summed E-state index contributed by atoms with van der Waals surface area (Å²) in [6, 6.07) is 13.2. The molecular formula is C19H17ClN2O4. The van der Waals surface area contributed by atoms with Gasteiger partial charge in [0.1, 0.15) is 6.04 Å². The summed E-state index contributed by atoms with van der Waals surface area (Å²) in [5, 5.41) is 12.4. The van der Waals surface area contributed by atoms with E-state index in [0.717, 1.165) is 5.56 Å². The standard InChI is InChI=1S/C19H17ClN2O4/c20-14-5-1-13(2-6-14)11-22-17(23)10-16(19(22)26)21-15-7-3-12(4-8-15)9-18(24)25/h1-8,16,21H,9-11H2,(H,24,25). The van der Waals surface area contributed by atoms with Gasteiger partial charge >= 0.3 is 5.97 Å². The second kappa shape index (κ2) is 7.58. The predicted molar refractivity (Wildman–Crippen MR) is 96.8 cm³/mol. The van der Waals surface area contributed by atoms with Crippen LogP contribution in [-0.4, -0.2) is 33.8 Å². The third kappa shape index (κ3) is 4.21. The Balaban J connectivity index is 1.64. The maximum Gasteiger partial charge on any atom is 0.307 e. The van der Waals surface area contributed by atoms with E-state index in [2.05, 4.69) is 5.32 Å². The van der Waals surface area contributed by atoms with E-state index in [1.54, 1.807) is 48.5 Å². The van der Waals surface area contributed by atoms with E-state index in [9.17, 15) is 14.4 Å². The first-order chi connectivity index (χ1) is 12.4. The Morgan fingerprint density at radius 1 is 1.08 bits per heavy atom. The third-order valence-electron chi connectivity index (χ3n) is 4.15. The van der Waals surface area contributed by atoms with Gasteiger partial charge in [-0.25, -0.2) is 0 Å². The number of benzene rings is 2. The first-order valence-corrected chi connectivity index (χ1v) is 8.46. The second-order valence-corrected chi connectivity index (χ2v) is 6.55. The van der Waals surface area contributed by atoms with E-state index in [1.807, 2.05) is 0 Å². The van der Waals surface area contributed by atoms with Crippen LogP contribution < -0.4 is 5.32 Å². The minimum absolute atomic E-state index is 0.0595. The lowest BCUT2D eigenvalue weighted by molar-refractivity contribution is -0.139. The van der Waals surface area contributed by atoms with E-state index in [-0.39, 0.29) is 31.2 Å². The lowest BCUT2D eigenvalue weighted by Gasteiger charge is -2.16. The Morgan fingerprint density at radius 3 is 2.31 bits per heavy atom. The van der Waals surface area contributed by atoms with E-state index in [1.165, 1.54) is 4.90 Å². The number of likely N-dealkylation sites (tertiary alicyclic amines) is 1. The first-order valence-electron chi connectivity index (χ1n) is 8.08. The van der Waals surface area contributed by atoms with Gasteiger partial charge in [0.25, 0.3) is 5.91 Å². The fourth-order valence-electron chi connectivity index (χ4n) is 2.83. The van der Waals surface area contributed by atoms with Crippen LogP contribution in [0, 0.1) is 0 Å². The normalized spacial score (nSPS) is 16.8. The van der Waals surface area contributed by atoms with Crippen molar-refractivity contribution in [3.63, 3.8) is 0 Å². The lowest BCUT2D eigenvalue weighted by Crippen LogP contribution is -2.34. The molecule has 0 aliphatic carbocycles. The molecule has 0 bridgehead atoms. The van der Waals surface area contributed by atoms with Crippen LogP contribution in [0.4, 0.5) is 5.69 Å². The highest BCUT2D eigenvalue weighted by atomic mass is 35.5. The minimum atomic E-state index is -0.903. The Labute approximate surface area is 155 Å². The third-order valence-corrected chi connectivity index (χ3v) is 4.40. The van der Waals surface area contributed by atoms with Crippen LogP contribution in [0.2, 0.25) is 5.02 Å². The number of carboxylic acid groups (broad SMARTS) is 1. The SMILES string of the molecule is O=C(O)Cc1ccc(NC2CC(=O)N(Cc3ccc(Cl)cc3)C2=O)cc1. The summed E-state index contributed by atoms with van der Waals surface area (Å²) < 4.78 is 0. The van der Waals surface area contributed by atoms with Gasteiger partial charge in [-0.2, -0.15) is 0 Å². The molecular weight excluding hydrogens is 356 g/mol. The maximum absolute atomic E-state index is 12.5. The maximum atomic E-state index is 12.5. The molecule has 1 fully saturated rings. The molecule has 1 aliphatic heterocycles. The average Bonchev–Trinajstić information content (AvgIpc) is 2.85. The highest BCUT2D eigenvalue weighted by molar-refractivity contribution is 6.30. The topological polar surface area (TPSA) is 86.7 Å². The number of halogens is 1. The average molecular weight is 373 g/mol. The number of hydrogen-bond donors (Lipinski definition) is 2. The molecule has 7 heteroatoms. The molecule has 1 heterocycles. The molecule has 1 atom stereocenters. The molecule has 6 nitrogen and oxygen atoms in total. The number of rotatable bonds is 6. The molecule has 1 aliphatic rings. The molecule has 3 rings (SSSR count). The minimum Gasteiger partial charge on any atom is -0.481 e. The Morgan fingerprint density at radius 2 is 1.69 bits per heavy atom. The molecule has 2 aromatic rings. The monoisotopic (exact) mass is 372 g/mol. The summed E-state index contributed by atoms with van der Waals surface area (Å²) >= 11 is 5.85. The number of anilines is 1.